The monoisotopic (exact) mass is 271 g/mol. The van der Waals surface area contributed by atoms with E-state index in [9.17, 15) is 9.50 Å². The van der Waals surface area contributed by atoms with Gasteiger partial charge in [-0.05, 0) is 23.8 Å². The van der Waals surface area contributed by atoms with Crippen molar-refractivity contribution in [2.24, 2.45) is 0 Å². The fourth-order valence-electron chi connectivity index (χ4n) is 1.43. The number of aromatic nitrogens is 1. The van der Waals surface area contributed by atoms with Gasteiger partial charge in [-0.15, -0.1) is 0 Å². The van der Waals surface area contributed by atoms with Crippen LogP contribution in [0.1, 0.15) is 17.4 Å². The van der Waals surface area contributed by atoms with Gasteiger partial charge in [-0.3, -0.25) is 4.98 Å². The molecule has 0 saturated heterocycles. The highest BCUT2D eigenvalue weighted by Gasteiger charge is 2.15. The molecule has 0 radical (unpaired) electrons. The highest BCUT2D eigenvalue weighted by molar-refractivity contribution is 6.34. The van der Waals surface area contributed by atoms with Gasteiger partial charge in [0.1, 0.15) is 11.9 Å². The standard InChI is InChI=1S/C12H8Cl2FNO/c13-8-5-10(14)11(16-6-8)12(17)7-1-3-9(15)4-2-7/h1-6,12,17H. The number of hydrogen-bond acceptors (Lipinski definition) is 2. The molecule has 1 heterocycles. The zero-order chi connectivity index (χ0) is 12.4. The Morgan fingerprint density at radius 3 is 2.41 bits per heavy atom. The number of hydrogen-bond donors (Lipinski definition) is 1. The van der Waals surface area contributed by atoms with Crippen molar-refractivity contribution in [3.63, 3.8) is 0 Å². The third-order valence-electron chi connectivity index (χ3n) is 2.28. The number of aliphatic hydroxyl groups excluding tert-OH is 1. The minimum atomic E-state index is -1.000. The number of rotatable bonds is 2. The molecular weight excluding hydrogens is 264 g/mol. The molecule has 88 valence electrons. The first-order chi connectivity index (χ1) is 8.08. The summed E-state index contributed by atoms with van der Waals surface area (Å²) in [5.41, 5.74) is 0.811. The molecule has 0 aliphatic carbocycles. The van der Waals surface area contributed by atoms with E-state index in [-0.39, 0.29) is 10.8 Å². The van der Waals surface area contributed by atoms with Crippen molar-refractivity contribution in [1.82, 2.24) is 4.98 Å². The van der Waals surface area contributed by atoms with Crippen molar-refractivity contribution in [3.05, 3.63) is 63.6 Å². The Morgan fingerprint density at radius 2 is 1.82 bits per heavy atom. The third kappa shape index (κ3) is 2.75. The fourth-order valence-corrected chi connectivity index (χ4v) is 1.91. The van der Waals surface area contributed by atoms with Gasteiger partial charge in [-0.1, -0.05) is 35.3 Å². The first-order valence-corrected chi connectivity index (χ1v) is 5.58. The summed E-state index contributed by atoms with van der Waals surface area (Å²) < 4.78 is 12.7. The summed E-state index contributed by atoms with van der Waals surface area (Å²) in [5.74, 6) is -0.365. The molecule has 0 aliphatic heterocycles. The summed E-state index contributed by atoms with van der Waals surface area (Å²) >= 11 is 11.6. The Kier molecular flexibility index (Phi) is 3.62. The van der Waals surface area contributed by atoms with Crippen LogP contribution in [0.25, 0.3) is 0 Å². The van der Waals surface area contributed by atoms with Crippen LogP contribution in [0, 0.1) is 5.82 Å². The zero-order valence-corrected chi connectivity index (χ0v) is 10.1. The van der Waals surface area contributed by atoms with Crippen molar-refractivity contribution in [2.75, 3.05) is 0 Å². The van der Waals surface area contributed by atoms with E-state index >= 15 is 0 Å². The van der Waals surface area contributed by atoms with Gasteiger partial charge in [0.2, 0.25) is 0 Å². The summed E-state index contributed by atoms with van der Waals surface area (Å²) in [4.78, 5) is 3.97. The lowest BCUT2D eigenvalue weighted by atomic mass is 10.1. The molecule has 1 unspecified atom stereocenters. The molecule has 0 aliphatic rings. The van der Waals surface area contributed by atoms with Crippen LogP contribution in [0.3, 0.4) is 0 Å². The first kappa shape index (κ1) is 12.3. The minimum Gasteiger partial charge on any atom is -0.382 e. The quantitative estimate of drug-likeness (QED) is 0.905. The molecule has 17 heavy (non-hydrogen) atoms. The largest absolute Gasteiger partial charge is 0.382 e. The number of nitrogens with zero attached hydrogens (tertiary/aromatic N) is 1. The fraction of sp³-hybridized carbons (Fsp3) is 0.0833. The van der Waals surface area contributed by atoms with Crippen LogP contribution in [0.5, 0.6) is 0 Å². The minimum absolute atomic E-state index is 0.273. The molecule has 0 saturated carbocycles. The van der Waals surface area contributed by atoms with Crippen molar-refractivity contribution >= 4 is 23.2 Å². The Morgan fingerprint density at radius 1 is 1.18 bits per heavy atom. The van der Waals surface area contributed by atoms with Gasteiger partial charge in [0.15, 0.2) is 0 Å². The second-order valence-electron chi connectivity index (χ2n) is 3.47. The van der Waals surface area contributed by atoms with Crippen molar-refractivity contribution in [3.8, 4) is 0 Å². The van der Waals surface area contributed by atoms with Crippen LogP contribution in [-0.4, -0.2) is 10.1 Å². The van der Waals surface area contributed by atoms with Crippen molar-refractivity contribution in [2.45, 2.75) is 6.10 Å². The molecule has 0 bridgehead atoms. The van der Waals surface area contributed by atoms with Crippen LogP contribution >= 0.6 is 23.2 Å². The predicted molar refractivity (Wildman–Crippen MR) is 64.7 cm³/mol. The van der Waals surface area contributed by atoms with E-state index in [1.807, 2.05) is 0 Å². The molecule has 0 amide bonds. The average Bonchev–Trinajstić information content (AvgIpc) is 2.29. The van der Waals surface area contributed by atoms with E-state index in [1.165, 1.54) is 36.5 Å². The molecule has 1 atom stereocenters. The van der Waals surface area contributed by atoms with Crippen LogP contribution < -0.4 is 0 Å². The zero-order valence-electron chi connectivity index (χ0n) is 8.57. The molecule has 2 nitrogen and oxygen atoms in total. The van der Waals surface area contributed by atoms with E-state index in [2.05, 4.69) is 4.98 Å². The van der Waals surface area contributed by atoms with Crippen LogP contribution in [0.15, 0.2) is 36.5 Å². The van der Waals surface area contributed by atoms with Gasteiger partial charge >= 0.3 is 0 Å². The van der Waals surface area contributed by atoms with Gasteiger partial charge in [0.05, 0.1) is 15.7 Å². The van der Waals surface area contributed by atoms with Crippen LogP contribution in [-0.2, 0) is 0 Å². The summed E-state index contributed by atoms with van der Waals surface area (Å²) in [6.07, 6.45) is 0.399. The number of benzene rings is 1. The lowest BCUT2D eigenvalue weighted by Crippen LogP contribution is -2.03. The van der Waals surface area contributed by atoms with Gasteiger partial charge in [0, 0.05) is 6.20 Å². The maximum Gasteiger partial charge on any atom is 0.123 e. The van der Waals surface area contributed by atoms with E-state index in [0.29, 0.717) is 16.3 Å². The normalized spacial score (nSPS) is 12.5. The molecule has 1 N–H and O–H groups in total. The Bertz CT molecular complexity index is 531. The molecule has 5 heteroatoms. The van der Waals surface area contributed by atoms with Crippen molar-refractivity contribution < 1.29 is 9.50 Å². The molecule has 0 fully saturated rings. The summed E-state index contributed by atoms with van der Waals surface area (Å²) in [5, 5.41) is 10.7. The lowest BCUT2D eigenvalue weighted by Gasteiger charge is -2.12. The Balaban J connectivity index is 2.36. The number of halogens is 3. The highest BCUT2D eigenvalue weighted by atomic mass is 35.5. The Labute approximate surface area is 108 Å². The first-order valence-electron chi connectivity index (χ1n) is 4.82. The van der Waals surface area contributed by atoms with Gasteiger partial charge in [-0.25, -0.2) is 4.39 Å². The molecule has 2 rings (SSSR count). The third-order valence-corrected chi connectivity index (χ3v) is 2.79. The van der Waals surface area contributed by atoms with Crippen LogP contribution in [0.4, 0.5) is 4.39 Å². The van der Waals surface area contributed by atoms with Crippen molar-refractivity contribution in [1.29, 1.82) is 0 Å². The average molecular weight is 272 g/mol. The van der Waals surface area contributed by atoms with Crippen LogP contribution in [0.2, 0.25) is 10.0 Å². The molecule has 2 aromatic rings. The van der Waals surface area contributed by atoms with E-state index < -0.39 is 6.10 Å². The molecular formula is C12H8Cl2FNO. The number of pyridine rings is 1. The summed E-state index contributed by atoms with van der Waals surface area (Å²) in [6.45, 7) is 0. The topological polar surface area (TPSA) is 33.1 Å². The predicted octanol–water partition coefficient (Wildman–Crippen LogP) is 3.61. The second kappa shape index (κ2) is 5.00. The maximum absolute atomic E-state index is 12.7. The number of aliphatic hydroxyl groups is 1. The molecule has 0 spiro atoms. The molecule has 1 aromatic carbocycles. The smallest absolute Gasteiger partial charge is 0.123 e. The summed E-state index contributed by atoms with van der Waals surface area (Å²) in [7, 11) is 0. The molecule has 1 aromatic heterocycles. The highest BCUT2D eigenvalue weighted by Crippen LogP contribution is 2.28. The van der Waals surface area contributed by atoms with Gasteiger partial charge in [0.25, 0.3) is 0 Å². The van der Waals surface area contributed by atoms with Gasteiger partial charge < -0.3 is 5.11 Å². The summed E-state index contributed by atoms with van der Waals surface area (Å²) in [6, 6.07) is 6.99. The maximum atomic E-state index is 12.7. The van der Waals surface area contributed by atoms with E-state index in [1.54, 1.807) is 0 Å². The second-order valence-corrected chi connectivity index (χ2v) is 4.32. The Hall–Kier alpha value is -1.16. The SMILES string of the molecule is OC(c1ccc(F)cc1)c1ncc(Cl)cc1Cl. The van der Waals surface area contributed by atoms with E-state index in [0.717, 1.165) is 0 Å². The lowest BCUT2D eigenvalue weighted by molar-refractivity contribution is 0.215. The van der Waals surface area contributed by atoms with Gasteiger partial charge in [-0.2, -0.15) is 0 Å². The van der Waals surface area contributed by atoms with E-state index in [4.69, 9.17) is 23.2 Å².